The van der Waals surface area contributed by atoms with Gasteiger partial charge < -0.3 is 25.1 Å². The molecule has 3 unspecified atom stereocenters. The van der Waals surface area contributed by atoms with Crippen molar-refractivity contribution in [2.75, 3.05) is 42.5 Å². The molecule has 2 N–H and O–H groups in total. The van der Waals surface area contributed by atoms with Crippen LogP contribution in [-0.4, -0.2) is 101 Å². The number of carbonyl (C=O) groups is 4. The Hall–Kier alpha value is -5.03. The van der Waals surface area contributed by atoms with Crippen molar-refractivity contribution in [2.45, 2.75) is 89.3 Å². The first kappa shape index (κ1) is 37.5. The molecular weight excluding hydrogens is 749 g/mol. The van der Waals surface area contributed by atoms with Crippen LogP contribution >= 0.6 is 11.6 Å². The molecule has 0 bridgehead atoms. The Balaban J connectivity index is 0.781. The number of rotatable bonds is 5. The third-order valence-corrected chi connectivity index (χ3v) is 13.7. The Morgan fingerprint density at radius 3 is 2.19 bits per heavy atom. The largest absolute Gasteiger partial charge is 0.374 e. The second-order valence-corrected chi connectivity index (χ2v) is 17.2. The van der Waals surface area contributed by atoms with Crippen LogP contribution in [0.3, 0.4) is 0 Å². The number of nitrogens with zero attached hydrogens (tertiary/aromatic N) is 6. The van der Waals surface area contributed by atoms with Crippen LogP contribution in [-0.2, 0) is 17.9 Å². The summed E-state index contributed by atoms with van der Waals surface area (Å²) in [7, 11) is 0. The van der Waals surface area contributed by atoms with E-state index in [-0.39, 0.29) is 35.8 Å². The highest BCUT2D eigenvalue weighted by Crippen LogP contribution is 2.46. The summed E-state index contributed by atoms with van der Waals surface area (Å²) in [6.07, 6.45) is 3.94. The van der Waals surface area contributed by atoms with Gasteiger partial charge in [0.1, 0.15) is 24.2 Å². The minimum atomic E-state index is -0.977. The Kier molecular flexibility index (Phi) is 9.49. The Morgan fingerprint density at radius 1 is 0.912 bits per heavy atom. The average Bonchev–Trinajstić information content (AvgIpc) is 3.84. The summed E-state index contributed by atoms with van der Waals surface area (Å²) < 4.78 is 15.7. The molecule has 1 spiro atoms. The minimum Gasteiger partial charge on any atom is -0.374 e. The molecule has 57 heavy (non-hydrogen) atoms. The van der Waals surface area contributed by atoms with Gasteiger partial charge >= 0.3 is 0 Å². The van der Waals surface area contributed by atoms with Gasteiger partial charge in [-0.05, 0) is 117 Å². The van der Waals surface area contributed by atoms with Crippen molar-refractivity contribution < 1.29 is 28.7 Å². The van der Waals surface area contributed by atoms with E-state index >= 15 is 4.39 Å². The summed E-state index contributed by atoms with van der Waals surface area (Å²) in [5.74, 6) is -2.31. The molecule has 4 fully saturated rings. The van der Waals surface area contributed by atoms with Crippen LogP contribution < -0.4 is 15.1 Å². The fourth-order valence-corrected chi connectivity index (χ4v) is 10.5. The summed E-state index contributed by atoms with van der Waals surface area (Å²) in [6, 6.07) is 15.9. The number of nitriles is 1. The molecule has 0 aromatic heterocycles. The molecule has 12 nitrogen and oxygen atoms in total. The highest BCUT2D eigenvalue weighted by Gasteiger charge is 2.46. The fourth-order valence-electron chi connectivity index (χ4n) is 10.3. The second-order valence-electron chi connectivity index (χ2n) is 16.8. The van der Waals surface area contributed by atoms with Gasteiger partial charge in [-0.1, -0.05) is 11.6 Å². The number of nitrogens with one attached hydrogen (secondary N) is 1. The molecule has 296 valence electrons. The molecule has 14 heteroatoms. The summed E-state index contributed by atoms with van der Waals surface area (Å²) in [4.78, 5) is 62.5. The zero-order chi connectivity index (χ0) is 39.7. The van der Waals surface area contributed by atoms with Gasteiger partial charge in [-0.25, -0.2) is 4.39 Å². The topological polar surface area (TPSA) is 141 Å². The van der Waals surface area contributed by atoms with E-state index in [1.54, 1.807) is 29.2 Å². The molecule has 6 aliphatic heterocycles. The van der Waals surface area contributed by atoms with E-state index in [4.69, 9.17) is 11.6 Å². The number of aliphatic hydroxyl groups is 1. The zero-order valence-electron chi connectivity index (χ0n) is 31.8. The van der Waals surface area contributed by atoms with Gasteiger partial charge in [0.15, 0.2) is 0 Å². The second kappa shape index (κ2) is 14.4. The maximum Gasteiger partial charge on any atom is 0.262 e. The lowest BCUT2D eigenvalue weighted by Gasteiger charge is -2.40. The number of anilines is 2. The van der Waals surface area contributed by atoms with Gasteiger partial charge in [0.25, 0.3) is 17.7 Å². The van der Waals surface area contributed by atoms with Crippen LogP contribution in [0.5, 0.6) is 0 Å². The van der Waals surface area contributed by atoms with Crippen molar-refractivity contribution in [3.8, 4) is 6.07 Å². The van der Waals surface area contributed by atoms with Crippen LogP contribution in [0.2, 0.25) is 5.02 Å². The van der Waals surface area contributed by atoms with Crippen molar-refractivity contribution in [1.29, 1.82) is 5.26 Å². The Morgan fingerprint density at radius 2 is 1.58 bits per heavy atom. The van der Waals surface area contributed by atoms with Crippen LogP contribution in [0, 0.1) is 22.6 Å². The summed E-state index contributed by atoms with van der Waals surface area (Å²) in [6.45, 7) is 6.95. The molecule has 0 saturated carbocycles. The van der Waals surface area contributed by atoms with Gasteiger partial charge in [0, 0.05) is 69.3 Å². The summed E-state index contributed by atoms with van der Waals surface area (Å²) in [5.41, 5.74) is 5.07. The minimum absolute atomic E-state index is 0.0837. The number of likely N-dealkylation sites (tertiary alicyclic amines) is 1. The lowest BCUT2D eigenvalue weighted by Crippen LogP contribution is -2.55. The highest BCUT2D eigenvalue weighted by molar-refractivity contribution is 6.32. The molecule has 4 amide bonds. The molecule has 9 rings (SSSR count). The number of hydrogen-bond donors (Lipinski definition) is 2. The van der Waals surface area contributed by atoms with Crippen molar-refractivity contribution in [1.82, 2.24) is 20.0 Å². The zero-order valence-corrected chi connectivity index (χ0v) is 32.6. The predicted molar refractivity (Wildman–Crippen MR) is 210 cm³/mol. The number of carbonyl (C=O) groups excluding carboxylic acids is 4. The molecule has 3 aromatic carbocycles. The maximum atomic E-state index is 15.7. The van der Waals surface area contributed by atoms with Crippen molar-refractivity contribution >= 4 is 46.6 Å². The molecule has 3 aromatic rings. The standard InChI is InChI=1S/C43H45ClFN7O5/c1-25-20-43(24-51(25)31-3-2-26(21-46)35(44)18-31)10-14-48(15-11-43)30-4-5-32(36(45)19-30)40(55)49-12-8-29(9-13-49)50-22-27-16-33-34(17-28(27)23-50)42(57)52(41(33)56)37-6-7-38(53)47-39(37)54/h2-5,16-19,25,29,37-38,53H,6-15,20,22-24H2,1H3,(H,47,54). The van der Waals surface area contributed by atoms with Gasteiger partial charge in [-0.3, -0.25) is 29.0 Å². The smallest absolute Gasteiger partial charge is 0.262 e. The molecule has 4 saturated heterocycles. The summed E-state index contributed by atoms with van der Waals surface area (Å²) >= 11 is 6.36. The van der Waals surface area contributed by atoms with E-state index in [9.17, 15) is 29.5 Å². The number of piperidine rings is 3. The number of hydrogen-bond acceptors (Lipinski definition) is 9. The van der Waals surface area contributed by atoms with Gasteiger partial charge in [-0.15, -0.1) is 0 Å². The molecule has 6 heterocycles. The molecule has 0 aliphatic carbocycles. The molecule has 0 radical (unpaired) electrons. The van der Waals surface area contributed by atoms with E-state index in [1.165, 1.54) is 6.07 Å². The third kappa shape index (κ3) is 6.61. The first-order chi connectivity index (χ1) is 27.4. The van der Waals surface area contributed by atoms with Crippen LogP contribution in [0.25, 0.3) is 0 Å². The van der Waals surface area contributed by atoms with Crippen LogP contribution in [0.15, 0.2) is 48.5 Å². The number of fused-ring (bicyclic) bond motifs is 2. The van der Waals surface area contributed by atoms with E-state index in [2.05, 4.69) is 33.0 Å². The third-order valence-electron chi connectivity index (χ3n) is 13.4. The fraction of sp³-hybridized carbons (Fsp3) is 0.465. The number of halogens is 2. The summed E-state index contributed by atoms with van der Waals surface area (Å²) in [5, 5.41) is 21.9. The lowest BCUT2D eigenvalue weighted by atomic mass is 9.76. The van der Waals surface area contributed by atoms with Crippen molar-refractivity contribution in [3.63, 3.8) is 0 Å². The monoisotopic (exact) mass is 793 g/mol. The average molecular weight is 794 g/mol. The first-order valence-electron chi connectivity index (χ1n) is 20.0. The van der Waals surface area contributed by atoms with E-state index in [0.29, 0.717) is 53.9 Å². The van der Waals surface area contributed by atoms with Crippen LogP contribution in [0.1, 0.15) is 99.6 Å². The van der Waals surface area contributed by atoms with Crippen LogP contribution in [0.4, 0.5) is 15.8 Å². The Bertz CT molecular complexity index is 2180. The van der Waals surface area contributed by atoms with E-state index in [0.717, 1.165) is 79.1 Å². The number of amides is 4. The Labute approximate surface area is 335 Å². The number of benzene rings is 3. The normalized spacial score (nSPS) is 24.9. The van der Waals surface area contributed by atoms with Gasteiger partial charge in [0.05, 0.1) is 27.3 Å². The molecular formula is C43H45ClFN7O5. The first-order valence-corrected chi connectivity index (χ1v) is 20.4. The molecule has 3 atom stereocenters. The quantitative estimate of drug-likeness (QED) is 0.340. The van der Waals surface area contributed by atoms with E-state index < -0.39 is 35.8 Å². The van der Waals surface area contributed by atoms with Gasteiger partial charge in [-0.2, -0.15) is 5.26 Å². The maximum absolute atomic E-state index is 15.7. The van der Waals surface area contributed by atoms with E-state index in [1.807, 2.05) is 18.2 Å². The SMILES string of the molecule is CC1CC2(CCN(c3ccc(C(=O)N4CCC(N5Cc6cc7c(cc6C5)C(=O)N(C5CCC(O)NC5=O)C7=O)CC4)c(F)c3)CC2)CN1c1ccc(C#N)c(Cl)c1. The van der Waals surface area contributed by atoms with Crippen molar-refractivity contribution in [3.05, 3.63) is 92.8 Å². The van der Waals surface area contributed by atoms with Crippen molar-refractivity contribution in [2.24, 2.45) is 5.41 Å². The highest BCUT2D eigenvalue weighted by atomic mass is 35.5. The molecule has 6 aliphatic rings. The predicted octanol–water partition coefficient (Wildman–Crippen LogP) is 5.05. The number of aliphatic hydroxyl groups excluding tert-OH is 1. The van der Waals surface area contributed by atoms with Gasteiger partial charge in [0.2, 0.25) is 5.91 Å². The number of imide groups is 1. The lowest BCUT2D eigenvalue weighted by molar-refractivity contribution is -0.131.